The number of oxime groups is 1. The Hall–Kier alpha value is -3.16. The summed E-state index contributed by atoms with van der Waals surface area (Å²) in [6.45, 7) is 1.14. The van der Waals surface area contributed by atoms with E-state index in [1.807, 2.05) is 4.90 Å². The molecule has 1 fully saturated rings. The fraction of sp³-hybridized carbons (Fsp3) is 0.316. The minimum atomic E-state index is -0.394. The lowest BCUT2D eigenvalue weighted by Gasteiger charge is -2.32. The molecule has 2 heterocycles. The molecule has 0 aliphatic carbocycles. The van der Waals surface area contributed by atoms with E-state index in [0.717, 1.165) is 0 Å². The molecule has 7 nitrogen and oxygen atoms in total. The lowest BCUT2D eigenvalue weighted by atomic mass is 9.96. The number of likely N-dealkylation sites (tertiary alicyclic amines) is 1. The minimum absolute atomic E-state index is 0.133. The highest BCUT2D eigenvalue weighted by Gasteiger charge is 2.28. The Kier molecular flexibility index (Phi) is 5.85. The number of piperidine rings is 1. The molecule has 0 bridgehead atoms. The largest absolute Gasteiger partial charge is 0.469 e. The maximum Gasteiger partial charge on any atom is 0.308 e. The standard InChI is InChI=1S/C19H20FN3O4/c1-26-19(24)13-7-9-23(10-8-13)18(22-25)14-5-6-17(21-12-14)27-16-4-2-3-15(20)11-16/h2-6,11-13,25H,7-10H2,1H3/b22-18-. The topological polar surface area (TPSA) is 84.2 Å². The van der Waals surface area contributed by atoms with Crippen LogP contribution in [0.1, 0.15) is 18.4 Å². The number of hydrogen-bond donors (Lipinski definition) is 1. The van der Waals surface area contributed by atoms with E-state index in [1.54, 1.807) is 24.3 Å². The van der Waals surface area contributed by atoms with E-state index in [0.29, 0.717) is 49.0 Å². The van der Waals surface area contributed by atoms with Crippen LogP contribution in [0.5, 0.6) is 11.6 Å². The molecule has 0 spiro atoms. The van der Waals surface area contributed by atoms with Crippen molar-refractivity contribution in [3.05, 3.63) is 54.0 Å². The third-order valence-electron chi connectivity index (χ3n) is 4.44. The maximum absolute atomic E-state index is 13.2. The zero-order valence-electron chi connectivity index (χ0n) is 14.8. The molecule has 1 aliphatic rings. The summed E-state index contributed by atoms with van der Waals surface area (Å²) >= 11 is 0. The molecule has 1 aromatic carbocycles. The number of ether oxygens (including phenoxy) is 2. The van der Waals surface area contributed by atoms with Gasteiger partial charge >= 0.3 is 5.97 Å². The summed E-state index contributed by atoms with van der Waals surface area (Å²) in [5.41, 5.74) is 0.612. The molecule has 0 atom stereocenters. The number of carbonyl (C=O) groups is 1. The third kappa shape index (κ3) is 4.52. The van der Waals surface area contributed by atoms with E-state index in [2.05, 4.69) is 10.1 Å². The van der Waals surface area contributed by atoms with Crippen molar-refractivity contribution in [1.82, 2.24) is 9.88 Å². The summed E-state index contributed by atoms with van der Waals surface area (Å²) in [6.07, 6.45) is 2.77. The first-order valence-electron chi connectivity index (χ1n) is 8.55. The molecule has 27 heavy (non-hydrogen) atoms. The van der Waals surface area contributed by atoms with Crippen molar-refractivity contribution in [2.24, 2.45) is 11.1 Å². The average molecular weight is 373 g/mol. The maximum atomic E-state index is 13.2. The van der Waals surface area contributed by atoms with Crippen LogP contribution in [0, 0.1) is 11.7 Å². The number of esters is 1. The van der Waals surface area contributed by atoms with Crippen LogP contribution in [0.2, 0.25) is 0 Å². The quantitative estimate of drug-likeness (QED) is 0.292. The highest BCUT2D eigenvalue weighted by Crippen LogP contribution is 2.23. The van der Waals surface area contributed by atoms with Gasteiger partial charge < -0.3 is 19.6 Å². The second kappa shape index (κ2) is 8.48. The predicted octanol–water partition coefficient (Wildman–Crippen LogP) is 3.03. The summed E-state index contributed by atoms with van der Waals surface area (Å²) < 4.78 is 23.5. The molecule has 1 aromatic heterocycles. The average Bonchev–Trinajstić information content (AvgIpc) is 2.70. The summed E-state index contributed by atoms with van der Waals surface area (Å²) in [7, 11) is 1.38. The summed E-state index contributed by atoms with van der Waals surface area (Å²) in [5.74, 6) is 0.281. The smallest absolute Gasteiger partial charge is 0.308 e. The van der Waals surface area contributed by atoms with Gasteiger partial charge in [0.25, 0.3) is 0 Å². The van der Waals surface area contributed by atoms with Crippen LogP contribution < -0.4 is 4.74 Å². The second-order valence-corrected chi connectivity index (χ2v) is 6.15. The lowest BCUT2D eigenvalue weighted by molar-refractivity contribution is -0.146. The Morgan fingerprint density at radius 1 is 1.30 bits per heavy atom. The summed E-state index contributed by atoms with van der Waals surface area (Å²) in [5, 5.41) is 12.8. The van der Waals surface area contributed by atoms with Gasteiger partial charge in [-0.25, -0.2) is 9.37 Å². The van der Waals surface area contributed by atoms with Crippen molar-refractivity contribution in [1.29, 1.82) is 0 Å². The van der Waals surface area contributed by atoms with Crippen molar-refractivity contribution in [2.75, 3.05) is 20.2 Å². The number of benzene rings is 1. The highest BCUT2D eigenvalue weighted by atomic mass is 19.1. The molecule has 3 rings (SSSR count). The van der Waals surface area contributed by atoms with E-state index >= 15 is 0 Å². The van der Waals surface area contributed by atoms with Gasteiger partial charge in [-0.05, 0) is 31.0 Å². The monoisotopic (exact) mass is 373 g/mol. The second-order valence-electron chi connectivity index (χ2n) is 6.15. The molecule has 0 radical (unpaired) electrons. The zero-order valence-corrected chi connectivity index (χ0v) is 14.8. The minimum Gasteiger partial charge on any atom is -0.469 e. The van der Waals surface area contributed by atoms with Crippen LogP contribution in [-0.2, 0) is 9.53 Å². The number of amidine groups is 1. The molecule has 0 amide bonds. The van der Waals surface area contributed by atoms with Gasteiger partial charge in [0.1, 0.15) is 11.6 Å². The van der Waals surface area contributed by atoms with Crippen molar-refractivity contribution < 1.29 is 23.9 Å². The van der Waals surface area contributed by atoms with Crippen molar-refractivity contribution in [2.45, 2.75) is 12.8 Å². The van der Waals surface area contributed by atoms with Crippen LogP contribution >= 0.6 is 0 Å². The van der Waals surface area contributed by atoms with Crippen LogP contribution in [-0.4, -0.2) is 47.1 Å². The van der Waals surface area contributed by atoms with Gasteiger partial charge in [-0.1, -0.05) is 11.2 Å². The van der Waals surface area contributed by atoms with Gasteiger partial charge in [-0.2, -0.15) is 0 Å². The Bertz CT molecular complexity index is 818. The number of pyridine rings is 1. The van der Waals surface area contributed by atoms with Crippen LogP contribution in [0.3, 0.4) is 0 Å². The van der Waals surface area contributed by atoms with Gasteiger partial charge in [0.05, 0.1) is 13.0 Å². The Morgan fingerprint density at radius 3 is 2.67 bits per heavy atom. The molecule has 0 unspecified atom stereocenters. The highest BCUT2D eigenvalue weighted by molar-refractivity contribution is 5.98. The van der Waals surface area contributed by atoms with Crippen molar-refractivity contribution in [3.8, 4) is 11.6 Å². The normalized spacial score (nSPS) is 15.5. The number of hydrogen-bond acceptors (Lipinski definition) is 6. The number of rotatable bonds is 4. The summed E-state index contributed by atoms with van der Waals surface area (Å²) in [6, 6.07) is 9.10. The first-order chi connectivity index (χ1) is 13.1. The molecular weight excluding hydrogens is 353 g/mol. The number of nitrogens with zero attached hydrogens (tertiary/aromatic N) is 3. The Morgan fingerprint density at radius 2 is 2.07 bits per heavy atom. The molecule has 8 heteroatoms. The number of methoxy groups -OCH3 is 1. The van der Waals surface area contributed by atoms with Gasteiger partial charge in [0, 0.05) is 37.0 Å². The Balaban J connectivity index is 1.65. The van der Waals surface area contributed by atoms with E-state index < -0.39 is 5.82 Å². The molecule has 1 saturated heterocycles. The third-order valence-corrected chi connectivity index (χ3v) is 4.44. The molecular formula is C19H20FN3O4. The molecule has 1 aliphatic heterocycles. The number of aromatic nitrogens is 1. The fourth-order valence-corrected chi connectivity index (χ4v) is 3.02. The van der Waals surface area contributed by atoms with E-state index in [-0.39, 0.29) is 11.9 Å². The Labute approximate surface area is 156 Å². The van der Waals surface area contributed by atoms with Crippen LogP contribution in [0.4, 0.5) is 4.39 Å². The van der Waals surface area contributed by atoms with E-state index in [4.69, 9.17) is 9.47 Å². The van der Waals surface area contributed by atoms with E-state index in [1.165, 1.54) is 25.4 Å². The van der Waals surface area contributed by atoms with Crippen molar-refractivity contribution in [3.63, 3.8) is 0 Å². The van der Waals surface area contributed by atoms with Gasteiger partial charge in [0.15, 0.2) is 5.84 Å². The molecule has 1 N–H and O–H groups in total. The SMILES string of the molecule is COC(=O)C1CCN(/C(=N\O)c2ccc(Oc3cccc(F)c3)nc2)CC1. The first-order valence-corrected chi connectivity index (χ1v) is 8.55. The number of carbonyl (C=O) groups excluding carboxylic acids is 1. The molecule has 0 saturated carbocycles. The fourth-order valence-electron chi connectivity index (χ4n) is 3.02. The lowest BCUT2D eigenvalue weighted by Crippen LogP contribution is -2.41. The summed E-state index contributed by atoms with van der Waals surface area (Å²) in [4.78, 5) is 17.7. The van der Waals surface area contributed by atoms with Gasteiger partial charge in [0.2, 0.25) is 5.88 Å². The molecule has 2 aromatic rings. The number of halogens is 1. The van der Waals surface area contributed by atoms with Gasteiger partial charge in [-0.15, -0.1) is 0 Å². The van der Waals surface area contributed by atoms with E-state index in [9.17, 15) is 14.4 Å². The van der Waals surface area contributed by atoms with Crippen LogP contribution in [0.25, 0.3) is 0 Å². The van der Waals surface area contributed by atoms with Gasteiger partial charge in [-0.3, -0.25) is 4.79 Å². The van der Waals surface area contributed by atoms with Crippen molar-refractivity contribution >= 4 is 11.8 Å². The van der Waals surface area contributed by atoms with Crippen LogP contribution in [0.15, 0.2) is 47.8 Å². The predicted molar refractivity (Wildman–Crippen MR) is 95.3 cm³/mol. The zero-order chi connectivity index (χ0) is 19.2. The first kappa shape index (κ1) is 18.6. The molecule has 142 valence electrons.